The van der Waals surface area contributed by atoms with Crippen molar-refractivity contribution >= 4 is 17.7 Å². The van der Waals surface area contributed by atoms with Crippen LogP contribution in [0.5, 0.6) is 0 Å². The molecule has 2 aliphatic rings. The Hall–Kier alpha value is -2.54. The van der Waals surface area contributed by atoms with E-state index in [-0.39, 0.29) is 5.91 Å². The molecule has 0 bridgehead atoms. The lowest BCUT2D eigenvalue weighted by Crippen LogP contribution is -2.34. The van der Waals surface area contributed by atoms with Crippen LogP contribution < -0.4 is 0 Å². The van der Waals surface area contributed by atoms with Crippen molar-refractivity contribution in [3.63, 3.8) is 0 Å². The fourth-order valence-corrected chi connectivity index (χ4v) is 5.31. The topological polar surface area (TPSA) is 64.2 Å². The molecule has 0 saturated heterocycles. The van der Waals surface area contributed by atoms with Gasteiger partial charge in [-0.2, -0.15) is 0 Å². The van der Waals surface area contributed by atoms with E-state index in [4.69, 9.17) is 4.42 Å². The zero-order valence-electron chi connectivity index (χ0n) is 17.7. The van der Waals surface area contributed by atoms with E-state index >= 15 is 0 Å². The lowest BCUT2D eigenvalue weighted by molar-refractivity contribution is -0.129. The highest BCUT2D eigenvalue weighted by Gasteiger charge is 2.33. The van der Waals surface area contributed by atoms with Crippen LogP contribution in [-0.2, 0) is 11.3 Å². The van der Waals surface area contributed by atoms with Gasteiger partial charge in [0.2, 0.25) is 11.7 Å². The number of hydrogen-bond acceptors (Lipinski definition) is 5. The number of rotatable bonds is 8. The first kappa shape index (κ1) is 20.4. The summed E-state index contributed by atoms with van der Waals surface area (Å²) in [6, 6.07) is 14.8. The summed E-state index contributed by atoms with van der Waals surface area (Å²) >= 11 is 1.51. The molecule has 2 fully saturated rings. The van der Waals surface area contributed by atoms with E-state index < -0.39 is 0 Å². The molecule has 0 aliphatic heterocycles. The Kier molecular flexibility index (Phi) is 6.11. The van der Waals surface area contributed by atoms with Crippen molar-refractivity contribution in [3.8, 4) is 11.6 Å². The lowest BCUT2D eigenvalue weighted by Gasteiger charge is -2.25. The van der Waals surface area contributed by atoms with Gasteiger partial charge in [0.25, 0.3) is 0 Å². The molecule has 1 aromatic carbocycles. The van der Waals surface area contributed by atoms with Crippen LogP contribution in [0, 0.1) is 0 Å². The predicted molar refractivity (Wildman–Crippen MR) is 121 cm³/mol. The second-order valence-corrected chi connectivity index (χ2v) is 9.41. The molecule has 2 aliphatic carbocycles. The van der Waals surface area contributed by atoms with Crippen LogP contribution in [0.4, 0.5) is 0 Å². The summed E-state index contributed by atoms with van der Waals surface area (Å²) in [5, 5.41) is 9.73. The molecule has 0 N–H and O–H groups in total. The van der Waals surface area contributed by atoms with E-state index in [1.165, 1.54) is 36.6 Å². The molecule has 1 amide bonds. The molecular weight excluding hydrogens is 408 g/mol. The summed E-state index contributed by atoms with van der Waals surface area (Å²) in [7, 11) is 0. The van der Waals surface area contributed by atoms with Crippen molar-refractivity contribution in [1.82, 2.24) is 19.7 Å². The van der Waals surface area contributed by atoms with Crippen molar-refractivity contribution < 1.29 is 9.21 Å². The first-order chi connectivity index (χ1) is 15.3. The van der Waals surface area contributed by atoms with Crippen LogP contribution in [0.15, 0.2) is 58.3 Å². The average molecular weight is 437 g/mol. The number of thioether (sulfide) groups is 1. The molecular formula is C24H28N4O2S. The number of amides is 1. The third-order valence-corrected chi connectivity index (χ3v) is 7.10. The van der Waals surface area contributed by atoms with Crippen LogP contribution in [0.1, 0.15) is 56.6 Å². The molecule has 2 aromatic heterocycles. The second-order valence-electron chi connectivity index (χ2n) is 8.47. The first-order valence-electron chi connectivity index (χ1n) is 11.2. The first-order valence-corrected chi connectivity index (χ1v) is 12.2. The van der Waals surface area contributed by atoms with Crippen molar-refractivity contribution in [2.24, 2.45) is 0 Å². The molecule has 0 unspecified atom stereocenters. The van der Waals surface area contributed by atoms with Gasteiger partial charge in [-0.05, 0) is 43.4 Å². The number of aromatic nitrogens is 3. The van der Waals surface area contributed by atoms with Crippen LogP contribution in [0.25, 0.3) is 11.6 Å². The third kappa shape index (κ3) is 4.71. The second kappa shape index (κ2) is 9.30. The van der Waals surface area contributed by atoms with Crippen molar-refractivity contribution in [2.45, 2.75) is 68.7 Å². The summed E-state index contributed by atoms with van der Waals surface area (Å²) in [4.78, 5) is 15.2. The van der Waals surface area contributed by atoms with Gasteiger partial charge in [-0.3, -0.25) is 9.36 Å². The maximum atomic E-state index is 13.2. The van der Waals surface area contributed by atoms with Gasteiger partial charge < -0.3 is 9.32 Å². The largest absolute Gasteiger partial charge is 0.461 e. The SMILES string of the molecule is O=C(CSc1nnc(-c2ccco2)n1C1CCCCC1)N(Cc1ccccc1)C1CC1. The number of nitrogens with zero attached hydrogens (tertiary/aromatic N) is 4. The van der Waals surface area contributed by atoms with Gasteiger partial charge in [0.1, 0.15) is 0 Å². The highest BCUT2D eigenvalue weighted by Crippen LogP contribution is 2.36. The highest BCUT2D eigenvalue weighted by atomic mass is 32.2. The number of hydrogen-bond donors (Lipinski definition) is 0. The minimum absolute atomic E-state index is 0.175. The molecule has 0 radical (unpaired) electrons. The summed E-state index contributed by atoms with van der Waals surface area (Å²) < 4.78 is 7.84. The van der Waals surface area contributed by atoms with Crippen LogP contribution in [-0.4, -0.2) is 37.4 Å². The summed E-state index contributed by atoms with van der Waals surface area (Å²) in [6.45, 7) is 0.678. The van der Waals surface area contributed by atoms with Gasteiger partial charge >= 0.3 is 0 Å². The summed E-state index contributed by atoms with van der Waals surface area (Å²) in [5.74, 6) is 2.07. The predicted octanol–water partition coefficient (Wildman–Crippen LogP) is 5.33. The zero-order chi connectivity index (χ0) is 21.0. The van der Waals surface area contributed by atoms with Gasteiger partial charge in [0, 0.05) is 18.6 Å². The molecule has 2 saturated carbocycles. The van der Waals surface area contributed by atoms with E-state index in [2.05, 4.69) is 26.9 Å². The Morgan fingerprint density at radius 3 is 2.55 bits per heavy atom. The number of benzene rings is 1. The Labute approximate surface area is 187 Å². The third-order valence-electron chi connectivity index (χ3n) is 6.17. The number of carbonyl (C=O) groups is 1. The van der Waals surface area contributed by atoms with Crippen molar-refractivity contribution in [2.75, 3.05) is 5.75 Å². The molecule has 5 rings (SSSR count). The lowest BCUT2D eigenvalue weighted by atomic mass is 9.95. The molecule has 6 nitrogen and oxygen atoms in total. The average Bonchev–Trinajstić information content (AvgIpc) is 3.33. The molecule has 31 heavy (non-hydrogen) atoms. The van der Waals surface area contributed by atoms with E-state index in [0.29, 0.717) is 24.4 Å². The van der Waals surface area contributed by atoms with E-state index in [9.17, 15) is 4.79 Å². The molecule has 3 aromatic rings. The summed E-state index contributed by atoms with van der Waals surface area (Å²) in [5.41, 5.74) is 1.18. The minimum atomic E-state index is 0.175. The van der Waals surface area contributed by atoms with Gasteiger partial charge in [-0.1, -0.05) is 61.4 Å². The Bertz CT molecular complexity index is 992. The quantitative estimate of drug-likeness (QED) is 0.447. The smallest absolute Gasteiger partial charge is 0.233 e. The number of furan rings is 1. The van der Waals surface area contributed by atoms with Crippen LogP contribution in [0.3, 0.4) is 0 Å². The number of carbonyl (C=O) groups excluding carboxylic acids is 1. The fraction of sp³-hybridized carbons (Fsp3) is 0.458. The van der Waals surface area contributed by atoms with Gasteiger partial charge in [0.05, 0.1) is 12.0 Å². The molecule has 7 heteroatoms. The van der Waals surface area contributed by atoms with Gasteiger partial charge in [0.15, 0.2) is 10.9 Å². The maximum absolute atomic E-state index is 13.2. The van der Waals surface area contributed by atoms with Gasteiger partial charge in [-0.25, -0.2) is 0 Å². The Morgan fingerprint density at radius 2 is 1.84 bits per heavy atom. The molecule has 0 atom stereocenters. The van der Waals surface area contributed by atoms with E-state index in [0.717, 1.165) is 42.4 Å². The molecule has 2 heterocycles. The Balaban J connectivity index is 1.33. The minimum Gasteiger partial charge on any atom is -0.461 e. The normalized spacial score (nSPS) is 17.0. The van der Waals surface area contributed by atoms with Crippen molar-refractivity contribution in [3.05, 3.63) is 54.3 Å². The monoisotopic (exact) mass is 436 g/mol. The van der Waals surface area contributed by atoms with Crippen LogP contribution >= 0.6 is 11.8 Å². The standard InChI is InChI=1S/C24H28N4O2S/c29-22(27(19-13-14-19)16-18-8-3-1-4-9-18)17-31-24-26-25-23(21-12-7-15-30-21)28(24)20-10-5-2-6-11-20/h1,3-4,7-9,12,15,19-20H,2,5-6,10-11,13-14,16-17H2. The molecule has 0 spiro atoms. The van der Waals surface area contributed by atoms with E-state index in [1.54, 1.807) is 6.26 Å². The molecule has 162 valence electrons. The maximum Gasteiger partial charge on any atom is 0.233 e. The van der Waals surface area contributed by atoms with Gasteiger partial charge in [-0.15, -0.1) is 10.2 Å². The Morgan fingerprint density at radius 1 is 1.03 bits per heavy atom. The summed E-state index contributed by atoms with van der Waals surface area (Å²) in [6.07, 6.45) is 9.83. The fourth-order valence-electron chi connectivity index (χ4n) is 4.41. The highest BCUT2D eigenvalue weighted by molar-refractivity contribution is 7.99. The zero-order valence-corrected chi connectivity index (χ0v) is 18.5. The van der Waals surface area contributed by atoms with Crippen molar-refractivity contribution in [1.29, 1.82) is 0 Å². The van der Waals surface area contributed by atoms with Crippen LogP contribution in [0.2, 0.25) is 0 Å². The van der Waals surface area contributed by atoms with E-state index in [1.807, 2.05) is 35.2 Å².